The molecule has 0 bridgehead atoms. The van der Waals surface area contributed by atoms with E-state index in [0.29, 0.717) is 11.2 Å². The fourth-order valence-electron chi connectivity index (χ4n) is 4.31. The van der Waals surface area contributed by atoms with Gasteiger partial charge in [0, 0.05) is 13.3 Å². The number of nitrogens with one attached hydrogen (secondary N) is 1. The quantitative estimate of drug-likeness (QED) is 0.113. The Kier molecular flexibility index (Phi) is 10.3. The summed E-state index contributed by atoms with van der Waals surface area (Å²) in [5, 5.41) is 27.4. The maximum Gasteiger partial charge on any atom is 0.459 e. The minimum Gasteiger partial charge on any atom is -0.461 e. The lowest BCUT2D eigenvalue weighted by atomic mass is 9.96. The van der Waals surface area contributed by atoms with Crippen LogP contribution in [0.2, 0.25) is 0 Å². The third-order valence-corrected chi connectivity index (χ3v) is 8.44. The summed E-state index contributed by atoms with van der Waals surface area (Å²) in [6.45, 7) is 1.95. The highest BCUT2D eigenvalue weighted by molar-refractivity contribution is 7.52. The molecule has 2 aromatic heterocycles. The topological polar surface area (TPSA) is 192 Å². The Morgan fingerprint density at radius 2 is 2.05 bits per heavy atom. The van der Waals surface area contributed by atoms with Gasteiger partial charge in [-0.1, -0.05) is 18.2 Å². The SMILES string of the molecule is CN=CC(C)(O[C@H](COP(=O)(N[C@@H](C)C(=O)OC1CCC1)Oc1ccccc1)[C@@H](O)CO)c1ccc2c(N)ncnn12. The van der Waals surface area contributed by atoms with E-state index in [1.807, 2.05) is 0 Å². The van der Waals surface area contributed by atoms with Crippen LogP contribution in [0.4, 0.5) is 5.82 Å². The molecular weight excluding hydrogens is 567 g/mol. The van der Waals surface area contributed by atoms with E-state index in [4.69, 9.17) is 24.3 Å². The number of para-hydroxylation sites is 1. The van der Waals surface area contributed by atoms with Crippen molar-refractivity contribution in [3.63, 3.8) is 0 Å². The highest BCUT2D eigenvalue weighted by Crippen LogP contribution is 2.45. The summed E-state index contributed by atoms with van der Waals surface area (Å²) in [6.07, 6.45) is 2.42. The molecular formula is C27H37N6O8P. The number of nitrogen functional groups attached to an aromatic ring is 1. The molecule has 1 saturated carbocycles. The zero-order valence-electron chi connectivity index (χ0n) is 23.7. The number of carbonyl (C=O) groups excluding carboxylic acids is 1. The highest BCUT2D eigenvalue weighted by atomic mass is 31.2. The van der Waals surface area contributed by atoms with Gasteiger partial charge in [0.2, 0.25) is 0 Å². The molecule has 0 amide bonds. The largest absolute Gasteiger partial charge is 0.461 e. The number of aromatic nitrogens is 3. The van der Waals surface area contributed by atoms with Crippen LogP contribution in [0.1, 0.15) is 38.8 Å². The lowest BCUT2D eigenvalue weighted by molar-refractivity contribution is -0.154. The molecule has 15 heteroatoms. The third-order valence-electron chi connectivity index (χ3n) is 6.80. The van der Waals surface area contributed by atoms with Gasteiger partial charge in [-0.15, -0.1) is 0 Å². The molecule has 1 fully saturated rings. The van der Waals surface area contributed by atoms with Gasteiger partial charge < -0.3 is 29.9 Å². The average molecular weight is 605 g/mol. The number of hydrogen-bond acceptors (Lipinski definition) is 12. The predicted molar refractivity (Wildman–Crippen MR) is 154 cm³/mol. The summed E-state index contributed by atoms with van der Waals surface area (Å²) in [4.78, 5) is 20.8. The highest BCUT2D eigenvalue weighted by Gasteiger charge is 2.39. The molecule has 2 heterocycles. The van der Waals surface area contributed by atoms with E-state index >= 15 is 0 Å². The molecule has 5 atom stereocenters. The molecule has 1 aromatic carbocycles. The summed E-state index contributed by atoms with van der Waals surface area (Å²) in [6, 6.07) is 10.7. The predicted octanol–water partition coefficient (Wildman–Crippen LogP) is 2.24. The van der Waals surface area contributed by atoms with Crippen molar-refractivity contribution in [1.29, 1.82) is 0 Å². The smallest absolute Gasteiger partial charge is 0.459 e. The van der Waals surface area contributed by atoms with Crippen LogP contribution in [0.3, 0.4) is 0 Å². The van der Waals surface area contributed by atoms with Gasteiger partial charge >= 0.3 is 13.7 Å². The number of aliphatic hydroxyl groups is 2. The van der Waals surface area contributed by atoms with Crippen LogP contribution in [-0.2, 0) is 29.0 Å². The van der Waals surface area contributed by atoms with E-state index in [1.54, 1.807) is 56.4 Å². The van der Waals surface area contributed by atoms with E-state index in [-0.39, 0.29) is 17.7 Å². The molecule has 0 radical (unpaired) electrons. The molecule has 3 aromatic rings. The second-order valence-electron chi connectivity index (χ2n) is 10.1. The summed E-state index contributed by atoms with van der Waals surface area (Å²) in [5.41, 5.74) is 5.67. The number of benzene rings is 1. The van der Waals surface area contributed by atoms with Crippen LogP contribution in [0.25, 0.3) is 5.52 Å². The Morgan fingerprint density at radius 1 is 1.31 bits per heavy atom. The zero-order chi connectivity index (χ0) is 30.3. The van der Waals surface area contributed by atoms with Crippen LogP contribution < -0.4 is 15.3 Å². The van der Waals surface area contributed by atoms with Gasteiger partial charge in [-0.05, 0) is 57.4 Å². The first kappa shape index (κ1) is 31.5. The molecule has 5 N–H and O–H groups in total. The number of hydrogen-bond donors (Lipinski definition) is 4. The Morgan fingerprint density at radius 3 is 2.69 bits per heavy atom. The van der Waals surface area contributed by atoms with Crippen molar-refractivity contribution in [3.05, 3.63) is 54.5 Å². The minimum atomic E-state index is -4.28. The lowest BCUT2D eigenvalue weighted by Crippen LogP contribution is -2.44. The van der Waals surface area contributed by atoms with Crippen LogP contribution in [0.15, 0.2) is 53.8 Å². The standard InChI is InChI=1S/C27H37N6O8P/c1-18(26(36)39-19-10-7-11-19)32-42(37,41-20-8-5-4-6-9-20)38-15-23(22(35)14-34)40-27(2,16-29-3)24-13-12-21-25(28)30-17-31-33(21)24/h4-6,8-9,12-13,16-19,22-23,34-35H,7,10-11,14-15H2,1-3H3,(H,32,37)(H2,28,30,31)/t18-,22-,23+,27?,42?/m0/s1. The van der Waals surface area contributed by atoms with E-state index in [9.17, 15) is 19.6 Å². The van der Waals surface area contributed by atoms with Gasteiger partial charge in [0.15, 0.2) is 5.82 Å². The number of esters is 1. The molecule has 1 aliphatic carbocycles. The van der Waals surface area contributed by atoms with Gasteiger partial charge in [-0.25, -0.2) is 14.1 Å². The molecule has 2 unspecified atom stereocenters. The number of aliphatic hydroxyl groups excluding tert-OH is 2. The van der Waals surface area contributed by atoms with Gasteiger partial charge in [0.25, 0.3) is 0 Å². The van der Waals surface area contributed by atoms with Gasteiger partial charge in [0.05, 0.1) is 18.9 Å². The summed E-state index contributed by atoms with van der Waals surface area (Å²) >= 11 is 0. The number of carbonyl (C=O) groups is 1. The molecule has 228 valence electrons. The fourth-order valence-corrected chi connectivity index (χ4v) is 5.82. The monoisotopic (exact) mass is 604 g/mol. The average Bonchev–Trinajstić information content (AvgIpc) is 3.39. The third kappa shape index (κ3) is 7.51. The van der Waals surface area contributed by atoms with Crippen LogP contribution in [-0.4, -0.2) is 81.6 Å². The van der Waals surface area contributed by atoms with E-state index in [2.05, 4.69) is 20.2 Å². The molecule has 14 nitrogen and oxygen atoms in total. The van der Waals surface area contributed by atoms with Gasteiger partial charge in [0.1, 0.15) is 47.5 Å². The number of rotatable bonds is 15. The number of ether oxygens (including phenoxy) is 2. The van der Waals surface area contributed by atoms with Crippen molar-refractivity contribution >= 4 is 31.3 Å². The first-order valence-corrected chi connectivity index (χ1v) is 15.1. The minimum absolute atomic E-state index is 0.168. The van der Waals surface area contributed by atoms with Crippen molar-refractivity contribution in [2.45, 2.75) is 63.1 Å². The van der Waals surface area contributed by atoms with E-state index in [1.165, 1.54) is 24.0 Å². The lowest BCUT2D eigenvalue weighted by Gasteiger charge is -2.33. The van der Waals surface area contributed by atoms with Crippen molar-refractivity contribution in [2.75, 3.05) is 26.0 Å². The molecule has 0 aliphatic heterocycles. The van der Waals surface area contributed by atoms with Gasteiger partial charge in [-0.3, -0.25) is 14.3 Å². The summed E-state index contributed by atoms with van der Waals surface area (Å²) in [5.74, 6) is -0.137. The fraction of sp³-hybridized carbons (Fsp3) is 0.481. The maximum atomic E-state index is 14.0. The first-order valence-electron chi connectivity index (χ1n) is 13.5. The normalized spacial score (nSPS) is 19.0. The van der Waals surface area contributed by atoms with Crippen molar-refractivity contribution in [1.82, 2.24) is 19.7 Å². The van der Waals surface area contributed by atoms with E-state index in [0.717, 1.165) is 19.3 Å². The van der Waals surface area contributed by atoms with Crippen molar-refractivity contribution in [2.24, 2.45) is 4.99 Å². The van der Waals surface area contributed by atoms with Crippen molar-refractivity contribution in [3.8, 4) is 5.75 Å². The molecule has 1 aliphatic rings. The van der Waals surface area contributed by atoms with Crippen molar-refractivity contribution < 1.29 is 38.1 Å². The second kappa shape index (κ2) is 13.7. The molecule has 42 heavy (non-hydrogen) atoms. The second-order valence-corrected chi connectivity index (χ2v) is 11.8. The maximum absolute atomic E-state index is 14.0. The summed E-state index contributed by atoms with van der Waals surface area (Å²) < 4.78 is 38.7. The Hall–Kier alpha value is -3.39. The summed E-state index contributed by atoms with van der Waals surface area (Å²) in [7, 11) is -2.73. The molecule has 0 spiro atoms. The number of aliphatic imine (C=N–C) groups is 1. The Balaban J connectivity index is 1.58. The Bertz CT molecular complexity index is 1420. The molecule has 4 rings (SSSR count). The van der Waals surface area contributed by atoms with Crippen LogP contribution >= 0.6 is 7.75 Å². The Labute approximate surface area is 243 Å². The number of fused-ring (bicyclic) bond motifs is 1. The number of nitrogens with two attached hydrogens (primary N) is 1. The van der Waals surface area contributed by atoms with Crippen LogP contribution in [0.5, 0.6) is 5.75 Å². The van der Waals surface area contributed by atoms with Gasteiger partial charge in [-0.2, -0.15) is 10.2 Å². The zero-order valence-corrected chi connectivity index (χ0v) is 24.6. The van der Waals surface area contributed by atoms with Crippen LogP contribution in [0, 0.1) is 0 Å². The number of nitrogens with zero attached hydrogens (tertiary/aromatic N) is 4. The van der Waals surface area contributed by atoms with E-state index < -0.39 is 50.8 Å². The first-order chi connectivity index (χ1) is 20.1. The number of anilines is 1. The molecule has 0 saturated heterocycles.